The molecule has 1 aliphatic rings. The zero-order valence-corrected chi connectivity index (χ0v) is 14.4. The number of anilines is 3. The second kappa shape index (κ2) is 7.09. The molecule has 22 heavy (non-hydrogen) atoms. The fraction of sp³-hybridized carbons (Fsp3) is 0.412. The molecule has 2 aromatic rings. The smallest absolute Gasteiger partial charge is 0.135 e. The molecule has 1 fully saturated rings. The summed E-state index contributed by atoms with van der Waals surface area (Å²) >= 11 is 3.58. The molecule has 0 atom stereocenters. The Balaban J connectivity index is 1.70. The van der Waals surface area contributed by atoms with Gasteiger partial charge in [-0.15, -0.1) is 0 Å². The number of hydrogen-bond donors (Lipinski definition) is 2. The molecule has 0 unspecified atom stereocenters. The van der Waals surface area contributed by atoms with E-state index in [4.69, 9.17) is 0 Å². The van der Waals surface area contributed by atoms with Crippen LogP contribution in [0, 0.1) is 6.92 Å². The molecule has 2 N–H and O–H groups in total. The highest BCUT2D eigenvalue weighted by Crippen LogP contribution is 2.27. The molecule has 1 heterocycles. The Hall–Kier alpha value is -1.62. The van der Waals surface area contributed by atoms with Crippen molar-refractivity contribution in [3.63, 3.8) is 0 Å². The zero-order valence-electron chi connectivity index (χ0n) is 12.8. The third-order valence-electron chi connectivity index (χ3n) is 4.01. The van der Waals surface area contributed by atoms with Crippen LogP contribution >= 0.6 is 15.9 Å². The standard InChI is InChI=1S/C17H21BrN4/c1-12-7-8-15(14(18)9-12)22-17-10-16(19-11-20-17)21-13-5-3-2-4-6-13/h7-11,13H,2-6H2,1H3,(H2,19,20,21,22). The van der Waals surface area contributed by atoms with Gasteiger partial charge in [-0.2, -0.15) is 0 Å². The van der Waals surface area contributed by atoms with E-state index in [-0.39, 0.29) is 0 Å². The van der Waals surface area contributed by atoms with Crippen molar-refractivity contribution in [2.24, 2.45) is 0 Å². The van der Waals surface area contributed by atoms with Gasteiger partial charge in [0.25, 0.3) is 0 Å². The van der Waals surface area contributed by atoms with Crippen LogP contribution in [0.15, 0.2) is 35.1 Å². The molecule has 4 nitrogen and oxygen atoms in total. The van der Waals surface area contributed by atoms with Crippen LogP contribution in [0.4, 0.5) is 17.3 Å². The van der Waals surface area contributed by atoms with Gasteiger partial charge in [-0.3, -0.25) is 0 Å². The Morgan fingerprint density at radius 3 is 2.59 bits per heavy atom. The van der Waals surface area contributed by atoms with Crippen LogP contribution in [0.25, 0.3) is 0 Å². The van der Waals surface area contributed by atoms with Gasteiger partial charge in [-0.1, -0.05) is 25.3 Å². The van der Waals surface area contributed by atoms with Gasteiger partial charge in [0.1, 0.15) is 18.0 Å². The Bertz CT molecular complexity index is 638. The molecule has 1 saturated carbocycles. The van der Waals surface area contributed by atoms with Crippen LogP contribution < -0.4 is 10.6 Å². The molecule has 1 aromatic carbocycles. The van der Waals surface area contributed by atoms with Gasteiger partial charge in [0.15, 0.2) is 0 Å². The van der Waals surface area contributed by atoms with E-state index in [9.17, 15) is 0 Å². The molecule has 0 spiro atoms. The van der Waals surface area contributed by atoms with Gasteiger partial charge in [0, 0.05) is 16.6 Å². The summed E-state index contributed by atoms with van der Waals surface area (Å²) in [4.78, 5) is 8.65. The first-order valence-electron chi connectivity index (χ1n) is 7.82. The van der Waals surface area contributed by atoms with E-state index in [1.807, 2.05) is 6.07 Å². The lowest BCUT2D eigenvalue weighted by Gasteiger charge is -2.23. The minimum absolute atomic E-state index is 0.544. The predicted molar refractivity (Wildman–Crippen MR) is 94.7 cm³/mol. The molecule has 1 aliphatic carbocycles. The van der Waals surface area contributed by atoms with E-state index < -0.39 is 0 Å². The highest BCUT2D eigenvalue weighted by molar-refractivity contribution is 9.10. The van der Waals surface area contributed by atoms with Gasteiger partial charge in [-0.25, -0.2) is 9.97 Å². The summed E-state index contributed by atoms with van der Waals surface area (Å²) in [6, 6.07) is 8.74. The van der Waals surface area contributed by atoms with Crippen molar-refractivity contribution in [1.82, 2.24) is 9.97 Å². The Morgan fingerprint density at radius 2 is 1.82 bits per heavy atom. The molecular formula is C17H21BrN4. The van der Waals surface area contributed by atoms with Crippen molar-refractivity contribution < 1.29 is 0 Å². The lowest BCUT2D eigenvalue weighted by Crippen LogP contribution is -2.22. The van der Waals surface area contributed by atoms with Crippen molar-refractivity contribution in [2.45, 2.75) is 45.1 Å². The highest BCUT2D eigenvalue weighted by Gasteiger charge is 2.13. The molecular weight excluding hydrogens is 340 g/mol. The largest absolute Gasteiger partial charge is 0.367 e. The summed E-state index contributed by atoms with van der Waals surface area (Å²) < 4.78 is 1.04. The fourth-order valence-electron chi connectivity index (χ4n) is 2.82. The van der Waals surface area contributed by atoms with Crippen molar-refractivity contribution in [3.05, 3.63) is 40.6 Å². The number of halogens is 1. The monoisotopic (exact) mass is 360 g/mol. The number of hydrogen-bond acceptors (Lipinski definition) is 4. The molecule has 5 heteroatoms. The topological polar surface area (TPSA) is 49.8 Å². The maximum absolute atomic E-state index is 4.34. The van der Waals surface area contributed by atoms with Crippen LogP contribution in [-0.4, -0.2) is 16.0 Å². The molecule has 116 valence electrons. The van der Waals surface area contributed by atoms with Crippen molar-refractivity contribution in [2.75, 3.05) is 10.6 Å². The molecule has 0 radical (unpaired) electrons. The van der Waals surface area contributed by atoms with E-state index in [1.54, 1.807) is 6.33 Å². The van der Waals surface area contributed by atoms with Crippen LogP contribution in [0.5, 0.6) is 0 Å². The lowest BCUT2D eigenvalue weighted by molar-refractivity contribution is 0.462. The quantitative estimate of drug-likeness (QED) is 0.801. The Kier molecular flexibility index (Phi) is 4.93. The summed E-state index contributed by atoms with van der Waals surface area (Å²) in [5.41, 5.74) is 2.23. The first-order chi connectivity index (χ1) is 10.7. The molecule has 0 saturated heterocycles. The molecule has 1 aromatic heterocycles. The van der Waals surface area contributed by atoms with Gasteiger partial charge < -0.3 is 10.6 Å². The number of rotatable bonds is 4. The van der Waals surface area contributed by atoms with E-state index in [0.29, 0.717) is 6.04 Å². The average molecular weight is 361 g/mol. The second-order valence-corrected chi connectivity index (χ2v) is 6.73. The summed E-state index contributed by atoms with van der Waals surface area (Å²) in [7, 11) is 0. The number of aromatic nitrogens is 2. The second-order valence-electron chi connectivity index (χ2n) is 5.88. The maximum atomic E-state index is 4.34. The Morgan fingerprint density at radius 1 is 1.05 bits per heavy atom. The third kappa shape index (κ3) is 3.97. The first-order valence-corrected chi connectivity index (χ1v) is 8.62. The van der Waals surface area contributed by atoms with Crippen LogP contribution in [0.1, 0.15) is 37.7 Å². The summed E-state index contributed by atoms with van der Waals surface area (Å²) in [6.07, 6.45) is 8.05. The van der Waals surface area contributed by atoms with E-state index >= 15 is 0 Å². The summed E-state index contributed by atoms with van der Waals surface area (Å²) in [6.45, 7) is 2.07. The van der Waals surface area contributed by atoms with Crippen molar-refractivity contribution >= 4 is 33.3 Å². The Labute approximate surface area is 139 Å². The van der Waals surface area contributed by atoms with Crippen LogP contribution in [-0.2, 0) is 0 Å². The fourth-order valence-corrected chi connectivity index (χ4v) is 3.41. The highest BCUT2D eigenvalue weighted by atomic mass is 79.9. The van der Waals surface area contributed by atoms with E-state index in [2.05, 4.69) is 61.7 Å². The number of nitrogens with zero attached hydrogens (tertiary/aromatic N) is 2. The molecule has 0 bridgehead atoms. The van der Waals surface area contributed by atoms with E-state index in [0.717, 1.165) is 21.8 Å². The number of aryl methyl sites for hydroxylation is 1. The van der Waals surface area contributed by atoms with Crippen LogP contribution in [0.3, 0.4) is 0 Å². The zero-order chi connectivity index (χ0) is 15.4. The van der Waals surface area contributed by atoms with Crippen molar-refractivity contribution in [1.29, 1.82) is 0 Å². The minimum Gasteiger partial charge on any atom is -0.367 e. The van der Waals surface area contributed by atoms with Crippen molar-refractivity contribution in [3.8, 4) is 0 Å². The van der Waals surface area contributed by atoms with E-state index in [1.165, 1.54) is 37.7 Å². The maximum Gasteiger partial charge on any atom is 0.135 e. The minimum atomic E-state index is 0.544. The molecule has 0 aliphatic heterocycles. The first kappa shape index (κ1) is 15.3. The van der Waals surface area contributed by atoms with Crippen LogP contribution in [0.2, 0.25) is 0 Å². The SMILES string of the molecule is Cc1ccc(Nc2cc(NC3CCCCC3)ncn2)c(Br)c1. The normalized spacial score (nSPS) is 15.5. The predicted octanol–water partition coefficient (Wildman–Crippen LogP) is 5.04. The van der Waals surface area contributed by atoms with Gasteiger partial charge >= 0.3 is 0 Å². The number of benzene rings is 1. The molecule has 0 amide bonds. The van der Waals surface area contributed by atoms with Gasteiger partial charge in [0.05, 0.1) is 5.69 Å². The number of nitrogens with one attached hydrogen (secondary N) is 2. The van der Waals surface area contributed by atoms with Gasteiger partial charge in [-0.05, 0) is 53.4 Å². The third-order valence-corrected chi connectivity index (χ3v) is 4.67. The summed E-state index contributed by atoms with van der Waals surface area (Å²) in [5, 5.41) is 6.87. The lowest BCUT2D eigenvalue weighted by atomic mass is 9.95. The van der Waals surface area contributed by atoms with Gasteiger partial charge in [0.2, 0.25) is 0 Å². The average Bonchev–Trinajstić information content (AvgIpc) is 2.52. The molecule has 3 rings (SSSR count). The summed E-state index contributed by atoms with van der Waals surface area (Å²) in [5.74, 6) is 1.70.